The minimum atomic E-state index is -0.376. The molecule has 4 heteroatoms. The number of hydrogen-bond donors (Lipinski definition) is 0. The number of rotatable bonds is 7. The molecule has 14 aromatic rings. The lowest BCUT2D eigenvalue weighted by Gasteiger charge is -2.32. The molecule has 17 rings (SSSR count). The Morgan fingerprint density at radius 2 is 0.711 bits per heavy atom. The van der Waals surface area contributed by atoms with E-state index < -0.39 is 0 Å². The quantitative estimate of drug-likeness (QED) is 0.159. The van der Waals surface area contributed by atoms with E-state index in [1.807, 2.05) is 0 Å². The van der Waals surface area contributed by atoms with Gasteiger partial charge in [-0.2, -0.15) is 0 Å². The highest BCUT2D eigenvalue weighted by Crippen LogP contribution is 2.64. The van der Waals surface area contributed by atoms with Crippen molar-refractivity contribution in [2.24, 2.45) is 0 Å². The minimum Gasteiger partial charge on any atom is -0.455 e. The molecule has 4 nitrogen and oxygen atoms in total. The first-order chi connectivity index (χ1) is 40.5. The van der Waals surface area contributed by atoms with Crippen LogP contribution in [0.5, 0.6) is 0 Å². The molecular weight excluding hydrogens is 1010 g/mol. The maximum absolute atomic E-state index is 7.06. The van der Waals surface area contributed by atoms with Gasteiger partial charge in [-0.1, -0.05) is 193 Å². The maximum Gasteiger partial charge on any atom is 0.144 e. The zero-order valence-corrected chi connectivity index (χ0v) is 47.3. The molecule has 0 fully saturated rings. The highest BCUT2D eigenvalue weighted by molar-refractivity contribution is 6.22. The number of nitrogens with zero attached hydrogens (tertiary/aromatic N) is 2. The molecule has 0 unspecified atom stereocenters. The Hall–Kier alpha value is -9.90. The van der Waals surface area contributed by atoms with Crippen LogP contribution in [-0.4, -0.2) is 0 Å². The predicted molar refractivity (Wildman–Crippen MR) is 346 cm³/mol. The molecular formula is C79H58N2O2. The lowest BCUT2D eigenvalue weighted by Crippen LogP contribution is -2.24. The molecule has 0 bridgehead atoms. The summed E-state index contributed by atoms with van der Waals surface area (Å²) in [5.74, 6) is 0. The fourth-order valence-electron chi connectivity index (χ4n) is 15.3. The summed E-state index contributed by atoms with van der Waals surface area (Å²) in [4.78, 5) is 4.83. The van der Waals surface area contributed by atoms with Gasteiger partial charge in [0, 0.05) is 83.0 Å². The molecule has 0 amide bonds. The summed E-state index contributed by atoms with van der Waals surface area (Å²) < 4.78 is 14.1. The van der Waals surface area contributed by atoms with Crippen LogP contribution in [0.3, 0.4) is 0 Å². The van der Waals surface area contributed by atoms with Crippen LogP contribution < -0.4 is 9.80 Å². The van der Waals surface area contributed by atoms with Crippen LogP contribution in [0.4, 0.5) is 34.1 Å². The van der Waals surface area contributed by atoms with E-state index in [-0.39, 0.29) is 16.2 Å². The average Bonchev–Trinajstić information content (AvgIpc) is 1.60. The van der Waals surface area contributed by atoms with Crippen molar-refractivity contribution in [2.45, 2.75) is 57.8 Å². The Bertz CT molecular complexity index is 5010. The molecule has 0 saturated carbocycles. The topological polar surface area (TPSA) is 32.8 Å². The Morgan fingerprint density at radius 1 is 0.277 bits per heavy atom. The smallest absolute Gasteiger partial charge is 0.144 e. The SMILES string of the molecule is CC1(C)c2cc(N(c3ccc(N(c4ccccc4)c4ccccc4)cc3)c3ccc4c(c3)C(C)(C)c3c5c(c6oc7ccccc7c6c3-4)-c3ccccc3C5(C)C)ccc2-c2c1cc(-c1cccc3ccccc13)c1oc3ccccc3c21. The summed E-state index contributed by atoms with van der Waals surface area (Å²) in [6.07, 6.45) is 0. The second-order valence-corrected chi connectivity index (χ2v) is 24.7. The van der Waals surface area contributed by atoms with Crippen molar-refractivity contribution in [2.75, 3.05) is 9.80 Å². The van der Waals surface area contributed by atoms with Crippen LogP contribution in [0.25, 0.3) is 99.2 Å². The van der Waals surface area contributed by atoms with Crippen LogP contribution in [0, 0.1) is 0 Å². The van der Waals surface area contributed by atoms with Crippen molar-refractivity contribution in [3.8, 4) is 44.5 Å². The first-order valence-corrected chi connectivity index (χ1v) is 29.2. The van der Waals surface area contributed by atoms with E-state index in [4.69, 9.17) is 8.83 Å². The standard InChI is InChI=1S/C79H58N2O2/c1-77(2)63-44-52(40-42-57(63)68-65(77)46-61(55-32-21-23-47-22-13-14-28-54(47)55)75-70(68)59-30-16-19-34-66(59)82-75)81(51-38-36-50(37-39-51)80(48-24-9-7-10-25-48)49-26-11-8-12-27-49)53-41-43-58-64(45-53)79(5,6)73-69(58)71-60-31-17-20-35-67(60)83-76(71)72-56-29-15-18-33-62(56)78(3,4)74(72)73/h7-46H,1-6H3. The van der Waals surface area contributed by atoms with Gasteiger partial charge in [-0.3, -0.25) is 0 Å². The number of furan rings is 2. The van der Waals surface area contributed by atoms with Gasteiger partial charge in [0.2, 0.25) is 0 Å². The number of benzene rings is 12. The molecule has 3 aliphatic rings. The van der Waals surface area contributed by atoms with E-state index in [2.05, 4.69) is 294 Å². The largest absolute Gasteiger partial charge is 0.455 e. The third-order valence-electron chi connectivity index (χ3n) is 19.1. The van der Waals surface area contributed by atoms with Gasteiger partial charge in [0.05, 0.1) is 0 Å². The summed E-state index contributed by atoms with van der Waals surface area (Å²) in [5.41, 5.74) is 27.1. The van der Waals surface area contributed by atoms with E-state index in [1.165, 1.54) is 93.9 Å². The van der Waals surface area contributed by atoms with Crippen LogP contribution in [-0.2, 0) is 16.2 Å². The lowest BCUT2D eigenvalue weighted by atomic mass is 9.72. The molecule has 0 aliphatic heterocycles. The lowest BCUT2D eigenvalue weighted by molar-refractivity contribution is 0.600. The molecule has 0 atom stereocenters. The first kappa shape index (κ1) is 47.9. The van der Waals surface area contributed by atoms with Crippen LogP contribution >= 0.6 is 0 Å². The Morgan fingerprint density at radius 3 is 1.36 bits per heavy atom. The fourth-order valence-corrected chi connectivity index (χ4v) is 15.3. The van der Waals surface area contributed by atoms with E-state index in [0.29, 0.717) is 0 Å². The van der Waals surface area contributed by atoms with Gasteiger partial charge in [-0.25, -0.2) is 0 Å². The molecule has 0 spiro atoms. The molecule has 0 radical (unpaired) electrons. The number of anilines is 6. The van der Waals surface area contributed by atoms with Crippen molar-refractivity contribution >= 4 is 88.8 Å². The fraction of sp³-hybridized carbons (Fsp3) is 0.114. The highest BCUT2D eigenvalue weighted by atomic mass is 16.3. The number of hydrogen-bond acceptors (Lipinski definition) is 4. The van der Waals surface area contributed by atoms with Gasteiger partial charge < -0.3 is 18.6 Å². The highest BCUT2D eigenvalue weighted by Gasteiger charge is 2.49. The Labute approximate surface area is 483 Å². The second-order valence-electron chi connectivity index (χ2n) is 24.7. The molecule has 83 heavy (non-hydrogen) atoms. The maximum atomic E-state index is 7.06. The third-order valence-corrected chi connectivity index (χ3v) is 19.1. The second kappa shape index (κ2) is 17.1. The van der Waals surface area contributed by atoms with Crippen LogP contribution in [0.1, 0.15) is 74.9 Å². The number of fused-ring (bicyclic) bond motifs is 20. The van der Waals surface area contributed by atoms with E-state index in [9.17, 15) is 0 Å². The molecule has 2 aromatic heterocycles. The Kier molecular flexibility index (Phi) is 9.85. The van der Waals surface area contributed by atoms with Gasteiger partial charge in [-0.15, -0.1) is 0 Å². The zero-order valence-electron chi connectivity index (χ0n) is 47.3. The average molecular weight is 1070 g/mol. The van der Waals surface area contributed by atoms with E-state index in [0.717, 1.165) is 72.8 Å². The van der Waals surface area contributed by atoms with Crippen LogP contribution in [0.15, 0.2) is 251 Å². The van der Waals surface area contributed by atoms with Crippen molar-refractivity contribution < 1.29 is 8.83 Å². The van der Waals surface area contributed by atoms with Crippen molar-refractivity contribution in [1.82, 2.24) is 0 Å². The third kappa shape index (κ3) is 6.58. The molecule has 2 heterocycles. The first-order valence-electron chi connectivity index (χ1n) is 29.2. The minimum absolute atomic E-state index is 0.259. The molecule has 396 valence electrons. The van der Waals surface area contributed by atoms with E-state index in [1.54, 1.807) is 0 Å². The molecule has 0 saturated heterocycles. The Balaban J connectivity index is 0.883. The molecule has 0 N–H and O–H groups in total. The van der Waals surface area contributed by atoms with Gasteiger partial charge >= 0.3 is 0 Å². The summed E-state index contributed by atoms with van der Waals surface area (Å²) in [6, 6.07) is 89.0. The van der Waals surface area contributed by atoms with Crippen LogP contribution in [0.2, 0.25) is 0 Å². The van der Waals surface area contributed by atoms with Gasteiger partial charge in [0.1, 0.15) is 22.3 Å². The monoisotopic (exact) mass is 1070 g/mol. The summed E-state index contributed by atoms with van der Waals surface area (Å²) in [6.45, 7) is 14.6. The molecule has 3 aliphatic carbocycles. The van der Waals surface area contributed by atoms with Gasteiger partial charge in [0.25, 0.3) is 0 Å². The van der Waals surface area contributed by atoms with E-state index >= 15 is 0 Å². The molecule has 12 aromatic carbocycles. The van der Waals surface area contributed by atoms with Crippen molar-refractivity contribution in [1.29, 1.82) is 0 Å². The van der Waals surface area contributed by atoms with Gasteiger partial charge in [-0.05, 0) is 169 Å². The summed E-state index contributed by atoms with van der Waals surface area (Å²) in [7, 11) is 0. The summed E-state index contributed by atoms with van der Waals surface area (Å²) >= 11 is 0. The summed E-state index contributed by atoms with van der Waals surface area (Å²) in [5, 5.41) is 7.10. The van der Waals surface area contributed by atoms with Crippen molar-refractivity contribution in [3.05, 3.63) is 276 Å². The predicted octanol–water partition coefficient (Wildman–Crippen LogP) is 22.2. The van der Waals surface area contributed by atoms with Gasteiger partial charge in [0.15, 0.2) is 0 Å². The zero-order chi connectivity index (χ0) is 55.7. The van der Waals surface area contributed by atoms with Crippen molar-refractivity contribution in [3.63, 3.8) is 0 Å². The normalized spacial score (nSPS) is 14.7. The number of para-hydroxylation sites is 4.